The molecule has 4 aromatic carbocycles. The lowest BCUT2D eigenvalue weighted by Gasteiger charge is -2.19. The van der Waals surface area contributed by atoms with Crippen LogP contribution in [-0.2, 0) is 45.0 Å². The minimum atomic E-state index is -0.513. The number of nitrogens with one attached hydrogen (secondary N) is 1. The van der Waals surface area contributed by atoms with Crippen LogP contribution in [0, 0.1) is 0 Å². The van der Waals surface area contributed by atoms with Crippen LogP contribution in [0.5, 0.6) is 5.75 Å². The summed E-state index contributed by atoms with van der Waals surface area (Å²) in [5.74, 6) is -0.710. The third kappa shape index (κ3) is 9.03. The number of halogens is 1. The van der Waals surface area contributed by atoms with Gasteiger partial charge in [0.2, 0.25) is 5.91 Å². The second kappa shape index (κ2) is 14.7. The Morgan fingerprint density at radius 1 is 0.744 bits per heavy atom. The maximum Gasteiger partial charge on any atom is 0.311 e. The minimum absolute atomic E-state index is 0.00576. The number of aryl methyl sites for hydroxylation is 2. The maximum absolute atomic E-state index is 12.9. The predicted molar refractivity (Wildman–Crippen MR) is 167 cm³/mol. The second-order valence-corrected chi connectivity index (χ2v) is 11.2. The number of hydrogen-bond acceptors (Lipinski definition) is 5. The van der Waals surface area contributed by atoms with Gasteiger partial charge in [-0.2, -0.15) is 0 Å². The normalized spacial score (nSPS) is 12.7. The molecule has 0 spiro atoms. The topological polar surface area (TPSA) is 81.7 Å². The molecule has 1 aliphatic rings. The van der Waals surface area contributed by atoms with Gasteiger partial charge in [0, 0.05) is 17.5 Å². The molecule has 1 amide bonds. The van der Waals surface area contributed by atoms with Crippen LogP contribution in [0.2, 0.25) is 5.02 Å². The molecule has 0 radical (unpaired) electrons. The molecule has 0 heterocycles. The van der Waals surface area contributed by atoms with Crippen LogP contribution in [0.3, 0.4) is 0 Å². The first-order chi connectivity index (χ1) is 20.9. The van der Waals surface area contributed by atoms with Crippen LogP contribution in [0.4, 0.5) is 0 Å². The van der Waals surface area contributed by atoms with Gasteiger partial charge in [-0.15, -0.1) is 0 Å². The van der Waals surface area contributed by atoms with Crippen molar-refractivity contribution < 1.29 is 23.9 Å². The number of amides is 1. The first kappa shape index (κ1) is 30.1. The zero-order valence-electron chi connectivity index (χ0n) is 23.9. The summed E-state index contributed by atoms with van der Waals surface area (Å²) in [6.45, 7) is 0.156. The van der Waals surface area contributed by atoms with Gasteiger partial charge in [-0.05, 0) is 83.3 Å². The average molecular weight is 596 g/mol. The fraction of sp³-hybridized carbons (Fsp3) is 0.250. The third-order valence-electron chi connectivity index (χ3n) is 7.47. The van der Waals surface area contributed by atoms with Gasteiger partial charge < -0.3 is 14.8 Å². The van der Waals surface area contributed by atoms with Gasteiger partial charge in [-0.25, -0.2) is 0 Å². The lowest BCUT2D eigenvalue weighted by Crippen LogP contribution is -2.38. The summed E-state index contributed by atoms with van der Waals surface area (Å²) in [5, 5.41) is 3.60. The van der Waals surface area contributed by atoms with E-state index in [4.69, 9.17) is 21.1 Å². The number of benzene rings is 4. The van der Waals surface area contributed by atoms with E-state index in [1.807, 2.05) is 91.0 Å². The molecule has 0 saturated heterocycles. The lowest BCUT2D eigenvalue weighted by molar-refractivity contribution is -0.145. The van der Waals surface area contributed by atoms with Crippen molar-refractivity contribution in [2.75, 3.05) is 0 Å². The van der Waals surface area contributed by atoms with Crippen LogP contribution < -0.4 is 10.1 Å². The molecule has 0 unspecified atom stereocenters. The van der Waals surface area contributed by atoms with E-state index in [0.717, 1.165) is 41.5 Å². The number of esters is 2. The largest absolute Gasteiger partial charge is 0.461 e. The Bertz CT molecular complexity index is 1570. The summed E-state index contributed by atoms with van der Waals surface area (Å²) >= 11 is 6.15. The molecule has 1 N–H and O–H groups in total. The smallest absolute Gasteiger partial charge is 0.311 e. The molecule has 43 heavy (non-hydrogen) atoms. The van der Waals surface area contributed by atoms with E-state index < -0.39 is 18.0 Å². The first-order valence-electron chi connectivity index (χ1n) is 14.6. The van der Waals surface area contributed by atoms with E-state index in [-0.39, 0.29) is 31.8 Å². The van der Waals surface area contributed by atoms with Gasteiger partial charge in [-0.1, -0.05) is 84.4 Å². The van der Waals surface area contributed by atoms with Crippen molar-refractivity contribution >= 4 is 29.4 Å². The molecule has 220 valence electrons. The standard InChI is InChI=1S/C36H34ClNO5/c37-31-11-5-10-29(21-31)28-14-12-25(13-15-28)20-32(23-36(41)42-24-26-6-2-1-3-7-26)38-34(39)18-19-35(40)43-33-17-16-27-8-4-9-30(27)22-33/h1-3,5-7,10-17,21-22,32H,4,8-9,18-20,23-24H2,(H,38,39)/t32-/m1/s1. The summed E-state index contributed by atoms with van der Waals surface area (Å²) in [4.78, 5) is 38.1. The summed E-state index contributed by atoms with van der Waals surface area (Å²) in [6.07, 6.45) is 3.45. The highest BCUT2D eigenvalue weighted by atomic mass is 35.5. The molecular weight excluding hydrogens is 562 g/mol. The zero-order valence-corrected chi connectivity index (χ0v) is 24.6. The fourth-order valence-electron chi connectivity index (χ4n) is 5.27. The molecule has 4 aromatic rings. The van der Waals surface area contributed by atoms with Crippen molar-refractivity contribution in [3.63, 3.8) is 0 Å². The molecule has 1 atom stereocenters. The summed E-state index contributed by atoms with van der Waals surface area (Å²) in [5.41, 5.74) is 6.35. The van der Waals surface area contributed by atoms with Crippen molar-refractivity contribution in [2.24, 2.45) is 0 Å². The van der Waals surface area contributed by atoms with Crippen molar-refractivity contribution in [1.82, 2.24) is 5.32 Å². The molecule has 6 nitrogen and oxygen atoms in total. The Labute approximate surface area is 257 Å². The van der Waals surface area contributed by atoms with Gasteiger partial charge in [-0.3, -0.25) is 14.4 Å². The third-order valence-corrected chi connectivity index (χ3v) is 7.71. The van der Waals surface area contributed by atoms with Crippen LogP contribution in [0.1, 0.15) is 47.9 Å². The number of fused-ring (bicyclic) bond motifs is 1. The van der Waals surface area contributed by atoms with Crippen LogP contribution in [0.25, 0.3) is 11.1 Å². The van der Waals surface area contributed by atoms with Crippen LogP contribution in [-0.4, -0.2) is 23.9 Å². The Hall–Kier alpha value is -4.42. The van der Waals surface area contributed by atoms with Crippen molar-refractivity contribution in [2.45, 2.75) is 57.6 Å². The molecule has 0 aliphatic heterocycles. The number of carbonyl (C=O) groups is 3. The van der Waals surface area contributed by atoms with Crippen molar-refractivity contribution in [1.29, 1.82) is 0 Å². The summed E-state index contributed by atoms with van der Waals surface area (Å²) in [7, 11) is 0. The highest BCUT2D eigenvalue weighted by Crippen LogP contribution is 2.26. The Kier molecular flexibility index (Phi) is 10.2. The number of carbonyl (C=O) groups excluding carboxylic acids is 3. The molecule has 0 fully saturated rings. The van der Waals surface area contributed by atoms with E-state index in [1.54, 1.807) is 6.07 Å². The molecule has 0 bridgehead atoms. The zero-order chi connectivity index (χ0) is 30.0. The number of hydrogen-bond donors (Lipinski definition) is 1. The molecule has 0 aromatic heterocycles. The fourth-order valence-corrected chi connectivity index (χ4v) is 5.46. The molecular formula is C36H34ClNO5. The van der Waals surface area contributed by atoms with E-state index in [9.17, 15) is 14.4 Å². The average Bonchev–Trinajstić information content (AvgIpc) is 3.48. The van der Waals surface area contributed by atoms with Crippen LogP contribution in [0.15, 0.2) is 97.1 Å². The molecule has 5 rings (SSSR count). The maximum atomic E-state index is 12.9. The Balaban J connectivity index is 1.18. The molecule has 0 saturated carbocycles. The van der Waals surface area contributed by atoms with E-state index in [2.05, 4.69) is 5.32 Å². The SMILES string of the molecule is O=C(CCC(=O)Oc1ccc2c(c1)CCC2)N[C@@H](CC(=O)OCc1ccccc1)Cc1ccc(-c2cccc(Cl)c2)cc1. The highest BCUT2D eigenvalue weighted by molar-refractivity contribution is 6.30. The van der Waals surface area contributed by atoms with Gasteiger partial charge >= 0.3 is 11.9 Å². The summed E-state index contributed by atoms with van der Waals surface area (Å²) < 4.78 is 11.0. The molecule has 7 heteroatoms. The van der Waals surface area contributed by atoms with Crippen LogP contribution >= 0.6 is 11.6 Å². The van der Waals surface area contributed by atoms with Crippen molar-refractivity contribution in [3.05, 3.63) is 124 Å². The Morgan fingerprint density at radius 3 is 2.33 bits per heavy atom. The van der Waals surface area contributed by atoms with Gasteiger partial charge in [0.1, 0.15) is 12.4 Å². The first-order valence-corrected chi connectivity index (χ1v) is 15.0. The predicted octanol–water partition coefficient (Wildman–Crippen LogP) is 7.04. The van der Waals surface area contributed by atoms with E-state index in [0.29, 0.717) is 17.2 Å². The van der Waals surface area contributed by atoms with Crippen molar-refractivity contribution in [3.8, 4) is 16.9 Å². The van der Waals surface area contributed by atoms with E-state index in [1.165, 1.54) is 11.1 Å². The Morgan fingerprint density at radius 2 is 1.53 bits per heavy atom. The quantitative estimate of drug-likeness (QED) is 0.140. The minimum Gasteiger partial charge on any atom is -0.461 e. The number of ether oxygens (including phenoxy) is 2. The second-order valence-electron chi connectivity index (χ2n) is 10.8. The van der Waals surface area contributed by atoms with E-state index >= 15 is 0 Å². The molecule has 1 aliphatic carbocycles. The van der Waals surface area contributed by atoms with Gasteiger partial charge in [0.25, 0.3) is 0 Å². The van der Waals surface area contributed by atoms with Gasteiger partial charge in [0.15, 0.2) is 0 Å². The highest BCUT2D eigenvalue weighted by Gasteiger charge is 2.20. The van der Waals surface area contributed by atoms with Gasteiger partial charge in [0.05, 0.1) is 12.8 Å². The number of rotatable bonds is 12. The monoisotopic (exact) mass is 595 g/mol. The lowest BCUT2D eigenvalue weighted by atomic mass is 9.99. The summed E-state index contributed by atoms with van der Waals surface area (Å²) in [6, 6.07) is 30.2.